The maximum atomic E-state index is 13.6. The van der Waals surface area contributed by atoms with E-state index in [-0.39, 0.29) is 18.0 Å². The van der Waals surface area contributed by atoms with E-state index < -0.39 is 23.7 Å². The number of nitrogens with zero attached hydrogens (tertiary/aromatic N) is 1. The Morgan fingerprint density at radius 1 is 1.30 bits per heavy atom. The minimum atomic E-state index is -0.688. The molecule has 3 rings (SSSR count). The number of hydrogen-bond donors (Lipinski definition) is 2. The second kappa shape index (κ2) is 6.42. The summed E-state index contributed by atoms with van der Waals surface area (Å²) in [5.74, 6) is -2.02. The highest BCUT2D eigenvalue weighted by Crippen LogP contribution is 2.36. The molecule has 0 saturated carbocycles. The van der Waals surface area contributed by atoms with Gasteiger partial charge in [-0.05, 0) is 30.5 Å². The Balaban J connectivity index is 1.73. The predicted molar refractivity (Wildman–Crippen MR) is 79.4 cm³/mol. The van der Waals surface area contributed by atoms with Crippen molar-refractivity contribution in [2.24, 2.45) is 0 Å². The molecular weight excluding hydrogens is 302 g/mol. The lowest BCUT2D eigenvalue weighted by atomic mass is 9.83. The van der Waals surface area contributed by atoms with Gasteiger partial charge in [-0.25, -0.2) is 8.78 Å². The minimum Gasteiger partial charge on any atom is -0.387 e. The Kier molecular flexibility index (Phi) is 4.34. The summed E-state index contributed by atoms with van der Waals surface area (Å²) in [6, 6.07) is 6.74. The Labute approximate surface area is 132 Å². The van der Waals surface area contributed by atoms with Crippen LogP contribution in [0.5, 0.6) is 0 Å². The molecule has 1 aliphatic rings. The molecule has 0 fully saturated rings. The number of pyridine rings is 1. The Morgan fingerprint density at radius 3 is 2.91 bits per heavy atom. The molecule has 23 heavy (non-hydrogen) atoms. The topological polar surface area (TPSA) is 62.2 Å². The van der Waals surface area contributed by atoms with Gasteiger partial charge in [-0.15, -0.1) is 0 Å². The van der Waals surface area contributed by atoms with Crippen LogP contribution in [-0.2, 0) is 11.3 Å². The zero-order valence-electron chi connectivity index (χ0n) is 12.3. The average molecular weight is 318 g/mol. The van der Waals surface area contributed by atoms with Crippen LogP contribution in [0.1, 0.15) is 41.7 Å². The van der Waals surface area contributed by atoms with Crippen molar-refractivity contribution in [3.05, 3.63) is 65.0 Å². The molecule has 6 heteroatoms. The molecule has 2 N–H and O–H groups in total. The normalized spacial score (nSPS) is 20.0. The molecule has 120 valence electrons. The first-order valence-electron chi connectivity index (χ1n) is 7.41. The number of carbonyl (C=O) groups is 1. The van der Waals surface area contributed by atoms with E-state index in [9.17, 15) is 18.7 Å². The summed E-state index contributed by atoms with van der Waals surface area (Å²) >= 11 is 0. The number of carbonyl (C=O) groups excluding carboxylic acids is 1. The third-order valence-corrected chi connectivity index (χ3v) is 4.08. The molecule has 2 atom stereocenters. The molecule has 0 spiro atoms. The molecule has 2 aromatic rings. The first kappa shape index (κ1) is 15.6. The molecule has 0 radical (unpaired) electrons. The van der Waals surface area contributed by atoms with Gasteiger partial charge in [0.05, 0.1) is 17.7 Å². The fraction of sp³-hybridized carbons (Fsp3) is 0.294. The third-order valence-electron chi connectivity index (χ3n) is 4.08. The van der Waals surface area contributed by atoms with Gasteiger partial charge in [0.2, 0.25) is 5.91 Å². The molecule has 1 amide bonds. The lowest BCUT2D eigenvalue weighted by Gasteiger charge is -2.27. The van der Waals surface area contributed by atoms with Crippen molar-refractivity contribution in [2.45, 2.75) is 31.4 Å². The number of hydrogen-bond acceptors (Lipinski definition) is 3. The number of benzene rings is 1. The standard InChI is InChI=1S/C17H16F2N2O2/c18-11-4-3-10(14(19)8-11)9-21-17(23)13-5-6-15(22)16-12(13)2-1-7-20-16/h1-4,7-8,13,15,22H,5-6,9H2,(H,21,23). The molecule has 4 nitrogen and oxygen atoms in total. The molecule has 0 saturated heterocycles. The van der Waals surface area contributed by atoms with Crippen molar-refractivity contribution < 1.29 is 18.7 Å². The zero-order valence-corrected chi connectivity index (χ0v) is 12.3. The Bertz CT molecular complexity index is 736. The van der Waals surface area contributed by atoms with Gasteiger partial charge in [0.15, 0.2) is 0 Å². The van der Waals surface area contributed by atoms with Gasteiger partial charge >= 0.3 is 0 Å². The second-order valence-corrected chi connectivity index (χ2v) is 5.58. The van der Waals surface area contributed by atoms with Gasteiger partial charge in [0.25, 0.3) is 0 Å². The Hall–Kier alpha value is -2.34. The molecule has 2 unspecified atom stereocenters. The van der Waals surface area contributed by atoms with Crippen LogP contribution >= 0.6 is 0 Å². The van der Waals surface area contributed by atoms with Gasteiger partial charge in [-0.2, -0.15) is 0 Å². The predicted octanol–water partition coefficient (Wildman–Crippen LogP) is 2.59. The first-order chi connectivity index (χ1) is 11.1. The van der Waals surface area contributed by atoms with Crippen LogP contribution in [-0.4, -0.2) is 16.0 Å². The van der Waals surface area contributed by atoms with E-state index in [2.05, 4.69) is 10.3 Å². The molecule has 0 aliphatic heterocycles. The van der Waals surface area contributed by atoms with E-state index in [4.69, 9.17) is 0 Å². The number of aliphatic hydroxyl groups is 1. The molecule has 1 aliphatic carbocycles. The number of nitrogens with one attached hydrogen (secondary N) is 1. The third kappa shape index (κ3) is 3.22. The highest BCUT2D eigenvalue weighted by atomic mass is 19.1. The number of fused-ring (bicyclic) bond motifs is 1. The van der Waals surface area contributed by atoms with Crippen molar-refractivity contribution in [3.63, 3.8) is 0 Å². The van der Waals surface area contributed by atoms with E-state index >= 15 is 0 Å². The summed E-state index contributed by atoms with van der Waals surface area (Å²) in [7, 11) is 0. The minimum absolute atomic E-state index is 0.0143. The summed E-state index contributed by atoms with van der Waals surface area (Å²) in [5.41, 5.74) is 1.44. The molecule has 1 aromatic carbocycles. The van der Waals surface area contributed by atoms with E-state index in [1.165, 1.54) is 6.07 Å². The van der Waals surface area contributed by atoms with E-state index in [1.54, 1.807) is 18.3 Å². The SMILES string of the molecule is O=C(NCc1ccc(F)cc1F)C1CCC(O)c2ncccc21. The average Bonchev–Trinajstić information content (AvgIpc) is 2.54. The number of halogens is 2. The van der Waals surface area contributed by atoms with E-state index in [1.807, 2.05) is 0 Å². The van der Waals surface area contributed by atoms with Gasteiger partial charge in [0.1, 0.15) is 11.6 Å². The molecule has 0 bridgehead atoms. The van der Waals surface area contributed by atoms with Crippen LogP contribution in [0, 0.1) is 11.6 Å². The van der Waals surface area contributed by atoms with Crippen molar-refractivity contribution in [1.29, 1.82) is 0 Å². The monoisotopic (exact) mass is 318 g/mol. The largest absolute Gasteiger partial charge is 0.387 e. The maximum absolute atomic E-state index is 13.6. The lowest BCUT2D eigenvalue weighted by molar-refractivity contribution is -0.123. The van der Waals surface area contributed by atoms with Crippen LogP contribution in [0.4, 0.5) is 8.78 Å². The maximum Gasteiger partial charge on any atom is 0.227 e. The van der Waals surface area contributed by atoms with E-state index in [0.29, 0.717) is 24.1 Å². The number of rotatable bonds is 3. The van der Waals surface area contributed by atoms with Crippen molar-refractivity contribution in [2.75, 3.05) is 0 Å². The van der Waals surface area contributed by atoms with Crippen molar-refractivity contribution in [3.8, 4) is 0 Å². The highest BCUT2D eigenvalue weighted by Gasteiger charge is 2.31. The molecular formula is C17H16F2N2O2. The fourth-order valence-electron chi connectivity index (χ4n) is 2.86. The lowest BCUT2D eigenvalue weighted by Crippen LogP contribution is -2.32. The van der Waals surface area contributed by atoms with E-state index in [0.717, 1.165) is 12.1 Å². The summed E-state index contributed by atoms with van der Waals surface area (Å²) in [6.45, 7) is -0.0143. The van der Waals surface area contributed by atoms with Crippen LogP contribution in [0.25, 0.3) is 0 Å². The number of aliphatic hydroxyl groups excluding tert-OH is 1. The Morgan fingerprint density at radius 2 is 2.13 bits per heavy atom. The first-order valence-corrected chi connectivity index (χ1v) is 7.41. The summed E-state index contributed by atoms with van der Waals surface area (Å²) < 4.78 is 26.5. The van der Waals surface area contributed by atoms with Gasteiger partial charge in [-0.3, -0.25) is 9.78 Å². The van der Waals surface area contributed by atoms with Gasteiger partial charge < -0.3 is 10.4 Å². The van der Waals surface area contributed by atoms with Crippen LogP contribution in [0.2, 0.25) is 0 Å². The summed E-state index contributed by atoms with van der Waals surface area (Å²) in [5, 5.41) is 12.6. The van der Waals surface area contributed by atoms with Crippen LogP contribution in [0.15, 0.2) is 36.5 Å². The molecule has 1 aromatic heterocycles. The highest BCUT2D eigenvalue weighted by molar-refractivity contribution is 5.84. The second-order valence-electron chi connectivity index (χ2n) is 5.58. The quantitative estimate of drug-likeness (QED) is 0.914. The zero-order chi connectivity index (χ0) is 16.4. The van der Waals surface area contributed by atoms with Crippen LogP contribution < -0.4 is 5.32 Å². The van der Waals surface area contributed by atoms with Gasteiger partial charge in [-0.1, -0.05) is 12.1 Å². The van der Waals surface area contributed by atoms with Gasteiger partial charge in [0, 0.05) is 24.4 Å². The summed E-state index contributed by atoms with van der Waals surface area (Å²) in [4.78, 5) is 16.5. The van der Waals surface area contributed by atoms with Crippen LogP contribution in [0.3, 0.4) is 0 Å². The number of amides is 1. The summed E-state index contributed by atoms with van der Waals surface area (Å²) in [6.07, 6.45) is 1.87. The smallest absolute Gasteiger partial charge is 0.227 e. The molecule has 1 heterocycles. The number of aromatic nitrogens is 1. The van der Waals surface area contributed by atoms with Crippen molar-refractivity contribution in [1.82, 2.24) is 10.3 Å². The van der Waals surface area contributed by atoms with Crippen molar-refractivity contribution >= 4 is 5.91 Å². The fourth-order valence-corrected chi connectivity index (χ4v) is 2.86.